The van der Waals surface area contributed by atoms with Crippen molar-refractivity contribution < 1.29 is 0 Å². The van der Waals surface area contributed by atoms with Gasteiger partial charge in [-0.1, -0.05) is 20.4 Å². The van der Waals surface area contributed by atoms with E-state index in [-0.39, 0.29) is 0 Å². The third kappa shape index (κ3) is 6.23. The number of hydrogen-bond acceptors (Lipinski definition) is 2. The fourth-order valence-corrected chi connectivity index (χ4v) is 0.848. The highest BCUT2D eigenvalue weighted by molar-refractivity contribution is 4.93. The van der Waals surface area contributed by atoms with E-state index in [2.05, 4.69) is 44.7 Å². The van der Waals surface area contributed by atoms with Crippen LogP contribution in [-0.4, -0.2) is 32.1 Å². The van der Waals surface area contributed by atoms with Gasteiger partial charge < -0.3 is 10.2 Å². The molecule has 0 rings (SSSR count). The molecule has 0 heterocycles. The summed E-state index contributed by atoms with van der Waals surface area (Å²) in [6.07, 6.45) is 1.18. The van der Waals surface area contributed by atoms with Crippen molar-refractivity contribution in [2.75, 3.05) is 27.2 Å². The van der Waals surface area contributed by atoms with Gasteiger partial charge in [-0.15, -0.1) is 0 Å². The van der Waals surface area contributed by atoms with Crippen molar-refractivity contribution in [2.24, 2.45) is 5.92 Å². The number of nitrogens with one attached hydrogen (secondary N) is 1. The van der Waals surface area contributed by atoms with Crippen LogP contribution in [0.5, 0.6) is 0 Å². The highest BCUT2D eigenvalue weighted by Crippen LogP contribution is 2.01. The van der Waals surface area contributed by atoms with Crippen LogP contribution in [0.4, 0.5) is 0 Å². The molecule has 0 aromatic heterocycles. The standard InChI is InChI=1S/C10H22N2/c1-9(2)10(3)11-7-6-8-12(4)5/h9,11H,3,6-8H2,1-2,4-5H3. The Morgan fingerprint density at radius 2 is 2.00 bits per heavy atom. The van der Waals surface area contributed by atoms with Crippen molar-refractivity contribution >= 4 is 0 Å². The van der Waals surface area contributed by atoms with E-state index in [1.54, 1.807) is 0 Å². The lowest BCUT2D eigenvalue weighted by Crippen LogP contribution is -2.22. The highest BCUT2D eigenvalue weighted by Gasteiger charge is 1.97. The normalized spacial score (nSPS) is 10.8. The van der Waals surface area contributed by atoms with E-state index in [0.717, 1.165) is 18.8 Å². The number of rotatable bonds is 6. The summed E-state index contributed by atoms with van der Waals surface area (Å²) in [6, 6.07) is 0. The molecule has 1 N–H and O–H groups in total. The van der Waals surface area contributed by atoms with E-state index < -0.39 is 0 Å². The second-order valence-corrected chi connectivity index (χ2v) is 3.76. The Balaban J connectivity index is 3.26. The van der Waals surface area contributed by atoms with Crippen molar-refractivity contribution in [3.05, 3.63) is 12.3 Å². The minimum absolute atomic E-state index is 0.546. The predicted octanol–water partition coefficient (Wildman–Crippen LogP) is 1.70. The lowest BCUT2D eigenvalue weighted by Gasteiger charge is -2.14. The Morgan fingerprint density at radius 1 is 1.42 bits per heavy atom. The Labute approximate surface area is 76.6 Å². The minimum atomic E-state index is 0.546. The molecule has 0 amide bonds. The molecule has 0 atom stereocenters. The van der Waals surface area contributed by atoms with Gasteiger partial charge in [0.25, 0.3) is 0 Å². The van der Waals surface area contributed by atoms with Crippen LogP contribution >= 0.6 is 0 Å². The fourth-order valence-electron chi connectivity index (χ4n) is 0.848. The van der Waals surface area contributed by atoms with E-state index in [1.165, 1.54) is 6.42 Å². The van der Waals surface area contributed by atoms with Gasteiger partial charge in [0, 0.05) is 12.2 Å². The van der Waals surface area contributed by atoms with Crippen molar-refractivity contribution in [2.45, 2.75) is 20.3 Å². The molecule has 0 fully saturated rings. The Morgan fingerprint density at radius 3 is 2.42 bits per heavy atom. The predicted molar refractivity (Wildman–Crippen MR) is 55.2 cm³/mol. The van der Waals surface area contributed by atoms with Crippen LogP contribution in [0.3, 0.4) is 0 Å². The van der Waals surface area contributed by atoms with E-state index in [9.17, 15) is 0 Å². The lowest BCUT2D eigenvalue weighted by atomic mass is 10.1. The van der Waals surface area contributed by atoms with Crippen molar-refractivity contribution in [1.82, 2.24) is 10.2 Å². The molecule has 0 spiro atoms. The molecular weight excluding hydrogens is 148 g/mol. The Kier molecular flexibility index (Phi) is 5.81. The molecule has 0 saturated carbocycles. The van der Waals surface area contributed by atoms with Crippen molar-refractivity contribution in [3.63, 3.8) is 0 Å². The first-order valence-corrected chi connectivity index (χ1v) is 4.61. The third-order valence-electron chi connectivity index (χ3n) is 1.83. The zero-order valence-electron chi connectivity index (χ0n) is 8.85. The third-order valence-corrected chi connectivity index (χ3v) is 1.83. The van der Waals surface area contributed by atoms with Gasteiger partial charge in [0.05, 0.1) is 0 Å². The molecule has 72 valence electrons. The largest absolute Gasteiger partial charge is 0.389 e. The van der Waals surface area contributed by atoms with Gasteiger partial charge in [-0.2, -0.15) is 0 Å². The summed E-state index contributed by atoms with van der Waals surface area (Å²) in [5, 5.41) is 3.32. The summed E-state index contributed by atoms with van der Waals surface area (Å²) in [5.74, 6) is 0.546. The molecule has 0 saturated heterocycles. The molecule has 2 nitrogen and oxygen atoms in total. The van der Waals surface area contributed by atoms with Crippen LogP contribution in [-0.2, 0) is 0 Å². The molecule has 2 heteroatoms. The molecule has 12 heavy (non-hydrogen) atoms. The van der Waals surface area contributed by atoms with Gasteiger partial charge in [-0.3, -0.25) is 0 Å². The van der Waals surface area contributed by atoms with E-state index in [1.807, 2.05) is 0 Å². The van der Waals surface area contributed by atoms with Gasteiger partial charge in [0.15, 0.2) is 0 Å². The maximum Gasteiger partial charge on any atom is 0.0156 e. The molecule has 0 bridgehead atoms. The molecular formula is C10H22N2. The molecule has 0 aliphatic rings. The van der Waals surface area contributed by atoms with Crippen LogP contribution in [0.1, 0.15) is 20.3 Å². The van der Waals surface area contributed by atoms with Gasteiger partial charge >= 0.3 is 0 Å². The smallest absolute Gasteiger partial charge is 0.0156 e. The first-order chi connectivity index (χ1) is 5.54. The van der Waals surface area contributed by atoms with Crippen molar-refractivity contribution in [1.29, 1.82) is 0 Å². The molecule has 0 aliphatic carbocycles. The Hall–Kier alpha value is -0.500. The van der Waals surface area contributed by atoms with Crippen molar-refractivity contribution in [3.8, 4) is 0 Å². The molecule has 0 unspecified atom stereocenters. The van der Waals surface area contributed by atoms with Crippen LogP contribution in [0.15, 0.2) is 12.3 Å². The lowest BCUT2D eigenvalue weighted by molar-refractivity contribution is 0.396. The second kappa shape index (κ2) is 6.06. The number of allylic oxidation sites excluding steroid dienone is 1. The second-order valence-electron chi connectivity index (χ2n) is 3.76. The number of nitrogens with zero attached hydrogens (tertiary/aromatic N) is 1. The maximum atomic E-state index is 3.95. The monoisotopic (exact) mass is 170 g/mol. The molecule has 0 aliphatic heterocycles. The van der Waals surface area contributed by atoms with E-state index in [4.69, 9.17) is 0 Å². The average molecular weight is 170 g/mol. The summed E-state index contributed by atoms with van der Waals surface area (Å²) in [6.45, 7) is 10.4. The van der Waals surface area contributed by atoms with E-state index >= 15 is 0 Å². The quantitative estimate of drug-likeness (QED) is 0.610. The first kappa shape index (κ1) is 11.5. The van der Waals surface area contributed by atoms with Gasteiger partial charge in [0.2, 0.25) is 0 Å². The first-order valence-electron chi connectivity index (χ1n) is 4.61. The zero-order valence-corrected chi connectivity index (χ0v) is 8.85. The molecule has 0 aromatic carbocycles. The summed E-state index contributed by atoms with van der Waals surface area (Å²) < 4.78 is 0. The SMILES string of the molecule is C=C(NCCCN(C)C)C(C)C. The summed E-state index contributed by atoms with van der Waals surface area (Å²) in [4.78, 5) is 2.19. The average Bonchev–Trinajstić information content (AvgIpc) is 1.97. The summed E-state index contributed by atoms with van der Waals surface area (Å²) in [7, 11) is 4.19. The zero-order chi connectivity index (χ0) is 9.56. The van der Waals surface area contributed by atoms with Crippen LogP contribution < -0.4 is 5.32 Å². The summed E-state index contributed by atoms with van der Waals surface area (Å²) in [5.41, 5.74) is 1.15. The van der Waals surface area contributed by atoms with Crippen LogP contribution in [0.2, 0.25) is 0 Å². The minimum Gasteiger partial charge on any atom is -0.389 e. The highest BCUT2D eigenvalue weighted by atomic mass is 15.1. The number of hydrogen-bond donors (Lipinski definition) is 1. The maximum absolute atomic E-state index is 3.95. The fraction of sp³-hybridized carbons (Fsp3) is 0.800. The van der Waals surface area contributed by atoms with Gasteiger partial charge in [-0.05, 0) is 33.0 Å². The summed E-state index contributed by atoms with van der Waals surface area (Å²) >= 11 is 0. The van der Waals surface area contributed by atoms with Gasteiger partial charge in [0.1, 0.15) is 0 Å². The van der Waals surface area contributed by atoms with Gasteiger partial charge in [-0.25, -0.2) is 0 Å². The molecule has 0 aromatic rings. The van der Waals surface area contributed by atoms with Crippen LogP contribution in [0.25, 0.3) is 0 Å². The Bertz CT molecular complexity index is 128. The topological polar surface area (TPSA) is 15.3 Å². The molecule has 0 radical (unpaired) electrons. The van der Waals surface area contributed by atoms with Crippen LogP contribution in [0, 0.1) is 5.92 Å². The van der Waals surface area contributed by atoms with E-state index in [0.29, 0.717) is 5.92 Å².